The topological polar surface area (TPSA) is 134 Å². The van der Waals surface area contributed by atoms with E-state index in [9.17, 15) is 14.9 Å². The highest BCUT2D eigenvalue weighted by atomic mass is 79.9. The molecule has 1 aromatic heterocycles. The van der Waals surface area contributed by atoms with E-state index in [-0.39, 0.29) is 22.9 Å². The summed E-state index contributed by atoms with van der Waals surface area (Å²) in [7, 11) is 0. The highest BCUT2D eigenvalue weighted by molar-refractivity contribution is 9.10. The molecular weight excluding hydrogens is 380 g/mol. The van der Waals surface area contributed by atoms with Gasteiger partial charge in [-0.25, -0.2) is 9.97 Å². The summed E-state index contributed by atoms with van der Waals surface area (Å²) in [6.07, 6.45) is 4.10. The van der Waals surface area contributed by atoms with Crippen molar-refractivity contribution in [3.8, 4) is 6.07 Å². The van der Waals surface area contributed by atoms with Gasteiger partial charge < -0.3 is 10.6 Å². The molecular formula is C14H9BrN6O3. The van der Waals surface area contributed by atoms with Gasteiger partial charge in [0.25, 0.3) is 11.6 Å². The van der Waals surface area contributed by atoms with Gasteiger partial charge in [0.15, 0.2) is 0 Å². The zero-order valence-electron chi connectivity index (χ0n) is 11.9. The number of anilines is 2. The van der Waals surface area contributed by atoms with Crippen molar-refractivity contribution in [1.82, 2.24) is 9.97 Å². The fraction of sp³-hybridized carbons (Fsp3) is 0. The number of carbonyl (C=O) groups is 1. The van der Waals surface area contributed by atoms with Gasteiger partial charge in [0.1, 0.15) is 17.3 Å². The Bertz CT molecular complexity index is 844. The molecule has 0 saturated heterocycles. The van der Waals surface area contributed by atoms with E-state index in [4.69, 9.17) is 5.26 Å². The first-order chi connectivity index (χ1) is 11.5. The van der Waals surface area contributed by atoms with Crippen LogP contribution in [-0.2, 0) is 4.79 Å². The molecule has 2 N–H and O–H groups in total. The van der Waals surface area contributed by atoms with Crippen molar-refractivity contribution in [2.24, 2.45) is 0 Å². The molecule has 2 rings (SSSR count). The molecule has 0 aliphatic heterocycles. The van der Waals surface area contributed by atoms with E-state index in [0.717, 1.165) is 6.20 Å². The molecule has 1 heterocycles. The van der Waals surface area contributed by atoms with Crippen LogP contribution in [0.5, 0.6) is 0 Å². The van der Waals surface area contributed by atoms with Gasteiger partial charge in [-0.05, 0) is 22.0 Å². The van der Waals surface area contributed by atoms with Gasteiger partial charge in [0, 0.05) is 24.7 Å². The van der Waals surface area contributed by atoms with Crippen molar-refractivity contribution in [2.45, 2.75) is 0 Å². The molecule has 0 atom stereocenters. The summed E-state index contributed by atoms with van der Waals surface area (Å²) >= 11 is 3.18. The molecule has 24 heavy (non-hydrogen) atoms. The molecule has 0 spiro atoms. The van der Waals surface area contributed by atoms with Crippen molar-refractivity contribution in [3.63, 3.8) is 0 Å². The maximum Gasteiger partial charge on any atom is 0.292 e. The number of nitrogens with one attached hydrogen (secondary N) is 2. The number of nitrogens with zero attached hydrogens (tertiary/aromatic N) is 4. The van der Waals surface area contributed by atoms with Crippen LogP contribution in [0.1, 0.15) is 0 Å². The number of para-hydroxylation sites is 2. The first-order valence-electron chi connectivity index (χ1n) is 6.40. The number of halogens is 1. The third-order valence-electron chi connectivity index (χ3n) is 2.68. The number of amides is 1. The predicted octanol–water partition coefficient (Wildman–Crippen LogP) is 2.61. The average molecular weight is 389 g/mol. The lowest BCUT2D eigenvalue weighted by atomic mass is 10.2. The van der Waals surface area contributed by atoms with Crippen LogP contribution in [-0.4, -0.2) is 20.8 Å². The first-order valence-corrected chi connectivity index (χ1v) is 7.19. The van der Waals surface area contributed by atoms with Crippen molar-refractivity contribution < 1.29 is 9.72 Å². The zero-order valence-corrected chi connectivity index (χ0v) is 13.5. The van der Waals surface area contributed by atoms with E-state index in [1.54, 1.807) is 6.07 Å². The van der Waals surface area contributed by atoms with Gasteiger partial charge in [-0.15, -0.1) is 0 Å². The fourth-order valence-electron chi connectivity index (χ4n) is 1.60. The number of nitro groups is 1. The standard InChI is InChI=1S/C14H9BrN6O3/c15-10-7-18-14(19-8-10)17-6-9(5-16)13(22)20-11-3-1-2-4-12(11)21(23)24/h1-4,6-8H,(H,20,22)(H,17,18,19)/b9-6-. The SMILES string of the molecule is N#C/C(=C/Nc1ncc(Br)cn1)C(=O)Nc1ccccc1[N+](=O)[O-]. The normalized spacial score (nSPS) is 10.6. The van der Waals surface area contributed by atoms with Gasteiger partial charge in [0.2, 0.25) is 5.95 Å². The molecule has 0 bridgehead atoms. The van der Waals surface area contributed by atoms with Gasteiger partial charge in [-0.1, -0.05) is 12.1 Å². The minimum absolute atomic E-state index is 0.00598. The second-order valence-corrected chi connectivity index (χ2v) is 5.18. The number of nitro benzene ring substituents is 1. The summed E-state index contributed by atoms with van der Waals surface area (Å²) < 4.78 is 0.673. The van der Waals surface area contributed by atoms with Gasteiger partial charge in [0.05, 0.1) is 9.40 Å². The molecule has 2 aromatic rings. The minimum Gasteiger partial charge on any atom is -0.329 e. The highest BCUT2D eigenvalue weighted by Crippen LogP contribution is 2.23. The maximum absolute atomic E-state index is 12.1. The zero-order chi connectivity index (χ0) is 17.5. The average Bonchev–Trinajstić information content (AvgIpc) is 2.57. The lowest BCUT2D eigenvalue weighted by Gasteiger charge is -2.05. The molecule has 0 fully saturated rings. The Morgan fingerprint density at radius 2 is 2.00 bits per heavy atom. The van der Waals surface area contributed by atoms with E-state index in [0.29, 0.717) is 4.47 Å². The van der Waals surface area contributed by atoms with Crippen LogP contribution in [0.15, 0.2) is 52.9 Å². The Morgan fingerprint density at radius 1 is 1.33 bits per heavy atom. The smallest absolute Gasteiger partial charge is 0.292 e. The number of rotatable bonds is 5. The Hall–Kier alpha value is -3.32. The molecule has 1 amide bonds. The molecule has 0 saturated carbocycles. The van der Waals surface area contributed by atoms with Gasteiger partial charge in [-0.3, -0.25) is 14.9 Å². The molecule has 10 heteroatoms. The summed E-state index contributed by atoms with van der Waals surface area (Å²) in [6, 6.07) is 7.33. The molecule has 9 nitrogen and oxygen atoms in total. The largest absolute Gasteiger partial charge is 0.329 e. The van der Waals surface area contributed by atoms with E-state index < -0.39 is 10.8 Å². The lowest BCUT2D eigenvalue weighted by Crippen LogP contribution is -2.15. The molecule has 0 aliphatic rings. The summed E-state index contributed by atoms with van der Waals surface area (Å²) in [4.78, 5) is 30.2. The quantitative estimate of drug-likeness (QED) is 0.347. The summed E-state index contributed by atoms with van der Waals surface area (Å²) in [5, 5.41) is 24.9. The minimum atomic E-state index is -0.795. The Kier molecular flexibility index (Phi) is 5.54. The molecule has 0 unspecified atom stereocenters. The van der Waals surface area contributed by atoms with E-state index in [2.05, 4.69) is 36.5 Å². The number of aromatic nitrogens is 2. The summed E-state index contributed by atoms with van der Waals surface area (Å²) in [6.45, 7) is 0. The highest BCUT2D eigenvalue weighted by Gasteiger charge is 2.17. The number of hydrogen-bond donors (Lipinski definition) is 2. The Balaban J connectivity index is 2.15. The van der Waals surface area contributed by atoms with E-state index >= 15 is 0 Å². The number of hydrogen-bond acceptors (Lipinski definition) is 7. The van der Waals surface area contributed by atoms with Gasteiger partial charge in [-0.2, -0.15) is 5.26 Å². The number of nitriles is 1. The second-order valence-electron chi connectivity index (χ2n) is 4.27. The van der Waals surface area contributed by atoms with Crippen LogP contribution < -0.4 is 10.6 Å². The van der Waals surface area contributed by atoms with Crippen LogP contribution in [0.4, 0.5) is 17.3 Å². The van der Waals surface area contributed by atoms with Crippen molar-refractivity contribution in [2.75, 3.05) is 10.6 Å². The number of carbonyl (C=O) groups excluding carboxylic acids is 1. The Morgan fingerprint density at radius 3 is 2.62 bits per heavy atom. The Labute approximate surface area is 144 Å². The molecule has 120 valence electrons. The predicted molar refractivity (Wildman–Crippen MR) is 88.8 cm³/mol. The molecule has 1 aromatic carbocycles. The van der Waals surface area contributed by atoms with Crippen LogP contribution in [0.3, 0.4) is 0 Å². The molecule has 0 aliphatic carbocycles. The summed E-state index contributed by atoms with van der Waals surface area (Å²) in [5.74, 6) is -0.610. The van der Waals surface area contributed by atoms with Crippen LogP contribution in [0.2, 0.25) is 0 Å². The lowest BCUT2D eigenvalue weighted by molar-refractivity contribution is -0.383. The van der Waals surface area contributed by atoms with E-state index in [1.807, 2.05) is 0 Å². The third kappa shape index (κ3) is 4.34. The van der Waals surface area contributed by atoms with Crippen molar-refractivity contribution in [1.29, 1.82) is 5.26 Å². The summed E-state index contributed by atoms with van der Waals surface area (Å²) in [5.41, 5.74) is -0.569. The maximum atomic E-state index is 12.1. The van der Waals surface area contributed by atoms with Crippen LogP contribution in [0.25, 0.3) is 0 Å². The van der Waals surface area contributed by atoms with Crippen LogP contribution in [0, 0.1) is 21.4 Å². The number of benzene rings is 1. The van der Waals surface area contributed by atoms with Crippen LogP contribution >= 0.6 is 15.9 Å². The van der Waals surface area contributed by atoms with Crippen molar-refractivity contribution >= 4 is 39.2 Å². The second kappa shape index (κ2) is 7.80. The monoisotopic (exact) mass is 388 g/mol. The van der Waals surface area contributed by atoms with E-state index in [1.165, 1.54) is 36.7 Å². The fourth-order valence-corrected chi connectivity index (χ4v) is 1.81. The van der Waals surface area contributed by atoms with Crippen molar-refractivity contribution in [3.05, 3.63) is 63.0 Å². The first kappa shape index (κ1) is 17.0. The molecule has 0 radical (unpaired) electrons. The third-order valence-corrected chi connectivity index (χ3v) is 3.09. The van der Waals surface area contributed by atoms with Gasteiger partial charge >= 0.3 is 0 Å².